The van der Waals surface area contributed by atoms with Gasteiger partial charge in [-0.15, -0.1) is 0 Å². The Kier molecular flexibility index (Phi) is 3.85. The van der Waals surface area contributed by atoms with E-state index in [0.717, 1.165) is 31.0 Å². The molecule has 7 heteroatoms. The van der Waals surface area contributed by atoms with Crippen molar-refractivity contribution in [2.75, 3.05) is 0 Å². The lowest BCUT2D eigenvalue weighted by atomic mass is 10.2. The molecule has 2 rings (SSSR count). The molecule has 0 saturated heterocycles. The monoisotopic (exact) mass is 283 g/mol. The molecule has 2 unspecified atom stereocenters. The van der Waals surface area contributed by atoms with Gasteiger partial charge in [0.15, 0.2) is 0 Å². The Morgan fingerprint density at radius 2 is 2.16 bits per heavy atom. The van der Waals surface area contributed by atoms with Crippen LogP contribution in [0.15, 0.2) is 23.1 Å². The van der Waals surface area contributed by atoms with Crippen LogP contribution in [-0.4, -0.2) is 20.5 Å². The molecule has 2 atom stereocenters. The van der Waals surface area contributed by atoms with Gasteiger partial charge in [0.2, 0.25) is 10.0 Å². The van der Waals surface area contributed by atoms with Crippen LogP contribution < -0.4 is 10.5 Å². The predicted octanol–water partition coefficient (Wildman–Crippen LogP) is 0.855. The first-order chi connectivity index (χ1) is 8.94. The first-order valence-electron chi connectivity index (χ1n) is 5.91. The van der Waals surface area contributed by atoms with Crippen molar-refractivity contribution < 1.29 is 12.8 Å². The fourth-order valence-corrected chi connectivity index (χ4v) is 3.51. The van der Waals surface area contributed by atoms with E-state index in [1.54, 1.807) is 6.07 Å². The van der Waals surface area contributed by atoms with Crippen molar-refractivity contribution in [3.63, 3.8) is 0 Å². The number of rotatable bonds is 3. The van der Waals surface area contributed by atoms with Gasteiger partial charge in [-0.05, 0) is 31.0 Å². The number of halogens is 1. The number of nitriles is 1. The van der Waals surface area contributed by atoms with Crippen molar-refractivity contribution in [3.05, 3.63) is 29.6 Å². The van der Waals surface area contributed by atoms with E-state index in [1.807, 2.05) is 0 Å². The van der Waals surface area contributed by atoms with Gasteiger partial charge in [-0.25, -0.2) is 17.5 Å². The summed E-state index contributed by atoms with van der Waals surface area (Å²) in [5.74, 6) is -0.737. The lowest BCUT2D eigenvalue weighted by molar-refractivity contribution is 0.522. The third kappa shape index (κ3) is 2.92. The van der Waals surface area contributed by atoms with Crippen molar-refractivity contribution in [2.45, 2.75) is 36.2 Å². The minimum atomic E-state index is -3.77. The Balaban J connectivity index is 2.27. The smallest absolute Gasteiger partial charge is 0.240 e. The zero-order valence-electron chi connectivity index (χ0n) is 10.1. The molecule has 0 amide bonds. The molecule has 0 radical (unpaired) electrons. The Bertz CT molecular complexity index is 624. The second-order valence-electron chi connectivity index (χ2n) is 4.58. The summed E-state index contributed by atoms with van der Waals surface area (Å²) in [5.41, 5.74) is 5.51. The fraction of sp³-hybridized carbons (Fsp3) is 0.417. The van der Waals surface area contributed by atoms with E-state index in [0.29, 0.717) is 6.42 Å². The third-order valence-corrected chi connectivity index (χ3v) is 4.73. The molecule has 19 heavy (non-hydrogen) atoms. The largest absolute Gasteiger partial charge is 0.326 e. The SMILES string of the molecule is N#Cc1cc(S(=O)(=O)NC2CCCC2N)ccc1F. The topological polar surface area (TPSA) is 96.0 Å². The number of nitrogens with zero attached hydrogens (tertiary/aromatic N) is 1. The molecule has 1 saturated carbocycles. The lowest BCUT2D eigenvalue weighted by Gasteiger charge is -2.17. The minimum absolute atomic E-state index is 0.121. The maximum atomic E-state index is 13.2. The van der Waals surface area contributed by atoms with Crippen LogP contribution >= 0.6 is 0 Å². The van der Waals surface area contributed by atoms with Crippen LogP contribution in [0.1, 0.15) is 24.8 Å². The van der Waals surface area contributed by atoms with E-state index in [1.165, 1.54) is 0 Å². The van der Waals surface area contributed by atoms with Gasteiger partial charge in [0.05, 0.1) is 10.5 Å². The number of nitrogens with one attached hydrogen (secondary N) is 1. The predicted molar refractivity (Wildman–Crippen MR) is 67.1 cm³/mol. The van der Waals surface area contributed by atoms with Gasteiger partial charge >= 0.3 is 0 Å². The van der Waals surface area contributed by atoms with E-state index in [-0.39, 0.29) is 22.5 Å². The van der Waals surface area contributed by atoms with Gasteiger partial charge in [-0.2, -0.15) is 5.26 Å². The van der Waals surface area contributed by atoms with Crippen molar-refractivity contribution in [1.82, 2.24) is 4.72 Å². The number of nitrogens with two attached hydrogens (primary N) is 1. The minimum Gasteiger partial charge on any atom is -0.326 e. The maximum absolute atomic E-state index is 13.2. The van der Waals surface area contributed by atoms with Crippen LogP contribution in [-0.2, 0) is 10.0 Å². The summed E-state index contributed by atoms with van der Waals surface area (Å²) in [4.78, 5) is -0.121. The highest BCUT2D eigenvalue weighted by molar-refractivity contribution is 7.89. The van der Waals surface area contributed by atoms with E-state index in [4.69, 9.17) is 11.0 Å². The number of sulfonamides is 1. The summed E-state index contributed by atoms with van der Waals surface area (Å²) in [6, 6.07) is 4.25. The van der Waals surface area contributed by atoms with E-state index in [9.17, 15) is 12.8 Å². The van der Waals surface area contributed by atoms with Crippen LogP contribution in [0.25, 0.3) is 0 Å². The zero-order valence-corrected chi connectivity index (χ0v) is 11.0. The average molecular weight is 283 g/mol. The number of hydrogen-bond acceptors (Lipinski definition) is 4. The number of hydrogen-bond donors (Lipinski definition) is 2. The second-order valence-corrected chi connectivity index (χ2v) is 6.29. The average Bonchev–Trinajstić information content (AvgIpc) is 2.74. The van der Waals surface area contributed by atoms with Gasteiger partial charge in [0, 0.05) is 12.1 Å². The van der Waals surface area contributed by atoms with Crippen LogP contribution in [0, 0.1) is 17.1 Å². The zero-order chi connectivity index (χ0) is 14.0. The molecule has 1 aliphatic carbocycles. The van der Waals surface area contributed by atoms with Crippen molar-refractivity contribution in [1.29, 1.82) is 5.26 Å². The van der Waals surface area contributed by atoms with Crippen LogP contribution in [0.5, 0.6) is 0 Å². The molecule has 0 spiro atoms. The number of benzene rings is 1. The van der Waals surface area contributed by atoms with Gasteiger partial charge in [-0.3, -0.25) is 0 Å². The molecular weight excluding hydrogens is 269 g/mol. The molecule has 1 aromatic rings. The molecule has 1 aliphatic rings. The van der Waals surface area contributed by atoms with Crippen LogP contribution in [0.3, 0.4) is 0 Å². The van der Waals surface area contributed by atoms with Crippen LogP contribution in [0.2, 0.25) is 0 Å². The van der Waals surface area contributed by atoms with Gasteiger partial charge in [0.25, 0.3) is 0 Å². The molecule has 5 nitrogen and oxygen atoms in total. The quantitative estimate of drug-likeness (QED) is 0.859. The van der Waals surface area contributed by atoms with Gasteiger partial charge < -0.3 is 5.73 Å². The molecule has 0 heterocycles. The van der Waals surface area contributed by atoms with E-state index < -0.39 is 15.8 Å². The molecular formula is C12H14FN3O2S. The van der Waals surface area contributed by atoms with Crippen molar-refractivity contribution in [3.8, 4) is 6.07 Å². The van der Waals surface area contributed by atoms with E-state index >= 15 is 0 Å². The molecule has 0 aromatic heterocycles. The molecule has 0 bridgehead atoms. The fourth-order valence-electron chi connectivity index (χ4n) is 2.16. The molecule has 3 N–H and O–H groups in total. The summed E-state index contributed by atoms with van der Waals surface area (Å²) < 4.78 is 39.9. The summed E-state index contributed by atoms with van der Waals surface area (Å²) in [6.45, 7) is 0. The highest BCUT2D eigenvalue weighted by Crippen LogP contribution is 2.20. The molecule has 0 aliphatic heterocycles. The Morgan fingerprint density at radius 1 is 1.42 bits per heavy atom. The lowest BCUT2D eigenvalue weighted by Crippen LogP contribution is -2.43. The van der Waals surface area contributed by atoms with E-state index in [2.05, 4.69) is 4.72 Å². The Labute approximate surface area is 111 Å². The molecule has 102 valence electrons. The molecule has 1 fully saturated rings. The Morgan fingerprint density at radius 3 is 2.74 bits per heavy atom. The second kappa shape index (κ2) is 5.25. The first-order valence-corrected chi connectivity index (χ1v) is 7.40. The maximum Gasteiger partial charge on any atom is 0.240 e. The summed E-state index contributed by atoms with van der Waals surface area (Å²) in [5, 5.41) is 8.71. The van der Waals surface area contributed by atoms with Crippen LogP contribution in [0.4, 0.5) is 4.39 Å². The summed E-state index contributed by atoms with van der Waals surface area (Å²) in [6.07, 6.45) is 2.34. The standard InChI is InChI=1S/C12H14FN3O2S/c13-10-5-4-9(6-8(10)7-14)19(17,18)16-12-3-1-2-11(12)15/h4-6,11-12,16H,1-3,15H2. The third-order valence-electron chi connectivity index (χ3n) is 3.24. The summed E-state index contributed by atoms with van der Waals surface area (Å²) >= 11 is 0. The summed E-state index contributed by atoms with van der Waals surface area (Å²) in [7, 11) is -3.77. The van der Waals surface area contributed by atoms with Gasteiger partial charge in [0.1, 0.15) is 11.9 Å². The highest BCUT2D eigenvalue weighted by Gasteiger charge is 2.29. The molecule has 1 aromatic carbocycles. The van der Waals surface area contributed by atoms with Crippen molar-refractivity contribution in [2.24, 2.45) is 5.73 Å². The first kappa shape index (κ1) is 13.9. The van der Waals surface area contributed by atoms with Crippen molar-refractivity contribution >= 4 is 10.0 Å². The highest BCUT2D eigenvalue weighted by atomic mass is 32.2. The van der Waals surface area contributed by atoms with Gasteiger partial charge in [-0.1, -0.05) is 6.42 Å². The normalized spacial score (nSPS) is 23.2. The Hall–Kier alpha value is -1.49.